The highest BCUT2D eigenvalue weighted by Crippen LogP contribution is 2.36. The molecule has 0 fully saturated rings. The number of rotatable bonds is 4. The first-order valence-electron chi connectivity index (χ1n) is 11.0. The van der Waals surface area contributed by atoms with Crippen molar-refractivity contribution in [2.75, 3.05) is 11.4 Å². The Bertz CT molecular complexity index is 1430. The second-order valence-corrected chi connectivity index (χ2v) is 8.30. The van der Waals surface area contributed by atoms with Crippen LogP contribution in [0.4, 0.5) is 5.95 Å². The van der Waals surface area contributed by atoms with E-state index < -0.39 is 6.10 Å². The van der Waals surface area contributed by atoms with Gasteiger partial charge in [-0.1, -0.05) is 36.4 Å². The Morgan fingerprint density at radius 3 is 2.82 bits per heavy atom. The molecule has 1 aromatic carbocycles. The van der Waals surface area contributed by atoms with Crippen LogP contribution < -0.4 is 4.90 Å². The number of hydrogen-bond acceptors (Lipinski definition) is 6. The molecule has 2 N–H and O–H groups in total. The van der Waals surface area contributed by atoms with Gasteiger partial charge in [0.15, 0.2) is 0 Å². The summed E-state index contributed by atoms with van der Waals surface area (Å²) in [7, 11) is 0. The number of H-pyrrole nitrogens is 1. The van der Waals surface area contributed by atoms with E-state index >= 15 is 0 Å². The number of anilines is 1. The van der Waals surface area contributed by atoms with E-state index in [1.165, 1.54) is 0 Å². The van der Waals surface area contributed by atoms with Gasteiger partial charge >= 0.3 is 0 Å². The molecule has 164 valence electrons. The maximum atomic E-state index is 10.9. The maximum Gasteiger partial charge on any atom is 0.226 e. The zero-order chi connectivity index (χ0) is 22.4. The topological polar surface area (TPSA) is 95.2 Å². The van der Waals surface area contributed by atoms with Gasteiger partial charge in [0.05, 0.1) is 28.9 Å². The minimum Gasteiger partial charge on any atom is -0.382 e. The highest BCUT2D eigenvalue weighted by atomic mass is 16.3. The van der Waals surface area contributed by atoms with Crippen LogP contribution in [0.1, 0.15) is 46.0 Å². The average molecular weight is 438 g/mol. The van der Waals surface area contributed by atoms with Crippen LogP contribution in [0.2, 0.25) is 0 Å². The molecule has 5 aromatic rings. The number of imidazole rings is 1. The van der Waals surface area contributed by atoms with Crippen LogP contribution in [-0.4, -0.2) is 41.2 Å². The molecule has 0 aliphatic carbocycles. The molecule has 1 aliphatic heterocycles. The van der Waals surface area contributed by atoms with Crippen molar-refractivity contribution in [3.8, 4) is 0 Å². The lowest BCUT2D eigenvalue weighted by Gasteiger charge is -2.34. The van der Waals surface area contributed by atoms with Crippen molar-refractivity contribution in [2.24, 2.45) is 0 Å². The van der Waals surface area contributed by atoms with Gasteiger partial charge in [0, 0.05) is 31.1 Å². The van der Waals surface area contributed by atoms with Crippen molar-refractivity contribution in [3.63, 3.8) is 0 Å². The summed E-state index contributed by atoms with van der Waals surface area (Å²) < 4.78 is 1.90. The molecule has 0 amide bonds. The van der Waals surface area contributed by atoms with E-state index in [0.29, 0.717) is 18.2 Å². The summed E-state index contributed by atoms with van der Waals surface area (Å²) in [6.07, 6.45) is 5.37. The quantitative estimate of drug-likeness (QED) is 0.448. The van der Waals surface area contributed by atoms with Crippen LogP contribution in [0, 0.1) is 6.92 Å². The minimum atomic E-state index is -0.824. The normalized spacial score (nSPS) is 16.7. The standard InChI is InChI=1S/C25H23N7O/c1-16-6-5-12-32-21(16)14-20(30-32)23-22-18(27-15-28-22)10-13-31(23)25-26-11-9-19(29-25)24(33)17-7-3-2-4-8-17/h2-9,11-12,14-15,23-24,33H,10,13H2,1H3,(H,27,28)/t23-,24+/m1/s1. The summed E-state index contributed by atoms with van der Waals surface area (Å²) in [5.74, 6) is 0.551. The van der Waals surface area contributed by atoms with Gasteiger partial charge in [0.25, 0.3) is 0 Å². The SMILES string of the molecule is Cc1cccn2nc([C@@H]3c4nc[nH]c4CCN3c3nccc([C@@H](O)c4ccccc4)n3)cc12. The number of aryl methyl sites for hydroxylation is 1. The van der Waals surface area contributed by atoms with Crippen LogP contribution in [-0.2, 0) is 6.42 Å². The van der Waals surface area contributed by atoms with Crippen molar-refractivity contribution in [3.05, 3.63) is 107 Å². The summed E-state index contributed by atoms with van der Waals surface area (Å²) in [5, 5.41) is 15.8. The molecule has 0 saturated carbocycles. The fourth-order valence-corrected chi connectivity index (χ4v) is 4.56. The number of fused-ring (bicyclic) bond motifs is 2. The minimum absolute atomic E-state index is 0.233. The molecule has 5 heterocycles. The smallest absolute Gasteiger partial charge is 0.226 e. The van der Waals surface area contributed by atoms with E-state index in [1.54, 1.807) is 18.6 Å². The summed E-state index contributed by atoms with van der Waals surface area (Å²) in [6.45, 7) is 2.79. The number of benzene rings is 1. The zero-order valence-electron chi connectivity index (χ0n) is 18.1. The molecule has 1 aliphatic rings. The molecule has 0 unspecified atom stereocenters. The summed E-state index contributed by atoms with van der Waals surface area (Å²) >= 11 is 0. The van der Waals surface area contributed by atoms with Crippen LogP contribution >= 0.6 is 0 Å². The number of pyridine rings is 1. The Kier molecular flexibility index (Phi) is 4.66. The third-order valence-corrected chi connectivity index (χ3v) is 6.25. The van der Waals surface area contributed by atoms with Gasteiger partial charge in [0.1, 0.15) is 12.1 Å². The van der Waals surface area contributed by atoms with E-state index in [1.807, 2.05) is 47.1 Å². The number of nitrogens with one attached hydrogen (secondary N) is 1. The molecular weight excluding hydrogens is 414 g/mol. The van der Waals surface area contributed by atoms with Gasteiger partial charge in [-0.25, -0.2) is 19.5 Å². The van der Waals surface area contributed by atoms with Crippen LogP contribution in [0.15, 0.2) is 73.3 Å². The number of hydrogen-bond donors (Lipinski definition) is 2. The Morgan fingerprint density at radius 1 is 1.09 bits per heavy atom. The van der Waals surface area contributed by atoms with E-state index in [2.05, 4.69) is 38.9 Å². The number of aromatic nitrogens is 6. The van der Waals surface area contributed by atoms with Crippen molar-refractivity contribution in [2.45, 2.75) is 25.5 Å². The molecule has 8 heteroatoms. The lowest BCUT2D eigenvalue weighted by molar-refractivity contribution is 0.215. The molecule has 0 radical (unpaired) electrons. The predicted octanol–water partition coefficient (Wildman–Crippen LogP) is 3.39. The number of aliphatic hydroxyl groups is 1. The van der Waals surface area contributed by atoms with Crippen LogP contribution in [0.3, 0.4) is 0 Å². The Hall–Kier alpha value is -4.04. The van der Waals surface area contributed by atoms with E-state index in [4.69, 9.17) is 10.1 Å². The number of nitrogens with zero attached hydrogens (tertiary/aromatic N) is 6. The lowest BCUT2D eigenvalue weighted by Crippen LogP contribution is -2.38. The molecule has 0 spiro atoms. The van der Waals surface area contributed by atoms with Crippen molar-refractivity contribution in [1.29, 1.82) is 0 Å². The zero-order valence-corrected chi connectivity index (χ0v) is 18.1. The molecule has 4 aromatic heterocycles. The van der Waals surface area contributed by atoms with Crippen LogP contribution in [0.25, 0.3) is 5.52 Å². The van der Waals surface area contributed by atoms with Crippen molar-refractivity contribution >= 4 is 11.5 Å². The molecule has 6 rings (SSSR count). The second kappa shape index (κ2) is 7.83. The summed E-state index contributed by atoms with van der Waals surface area (Å²) in [6, 6.07) is 17.2. The third-order valence-electron chi connectivity index (χ3n) is 6.25. The van der Waals surface area contributed by atoms with E-state index in [9.17, 15) is 5.11 Å². The van der Waals surface area contributed by atoms with Gasteiger partial charge in [-0.15, -0.1) is 0 Å². The van der Waals surface area contributed by atoms with Gasteiger partial charge in [-0.3, -0.25) is 0 Å². The van der Waals surface area contributed by atoms with Gasteiger partial charge in [-0.2, -0.15) is 5.10 Å². The Labute approximate surface area is 190 Å². The Morgan fingerprint density at radius 2 is 1.97 bits per heavy atom. The molecular formula is C25H23N7O. The van der Waals surface area contributed by atoms with Crippen molar-refractivity contribution in [1.82, 2.24) is 29.5 Å². The van der Waals surface area contributed by atoms with E-state index in [0.717, 1.165) is 40.1 Å². The van der Waals surface area contributed by atoms with Crippen LogP contribution in [0.5, 0.6) is 0 Å². The summed E-state index contributed by atoms with van der Waals surface area (Å²) in [5.41, 5.74) is 6.49. The maximum absolute atomic E-state index is 10.9. The fraction of sp³-hybridized carbons (Fsp3) is 0.200. The molecule has 0 saturated heterocycles. The molecule has 0 bridgehead atoms. The number of aromatic amines is 1. The highest BCUT2D eigenvalue weighted by molar-refractivity contribution is 5.57. The lowest BCUT2D eigenvalue weighted by atomic mass is 10.00. The van der Waals surface area contributed by atoms with Gasteiger partial charge in [0.2, 0.25) is 5.95 Å². The van der Waals surface area contributed by atoms with Crippen molar-refractivity contribution < 1.29 is 5.11 Å². The van der Waals surface area contributed by atoms with Gasteiger partial charge in [-0.05, 0) is 36.2 Å². The second-order valence-electron chi connectivity index (χ2n) is 8.30. The average Bonchev–Trinajstić information content (AvgIpc) is 3.51. The third kappa shape index (κ3) is 3.35. The molecule has 33 heavy (non-hydrogen) atoms. The van der Waals surface area contributed by atoms with E-state index in [-0.39, 0.29) is 6.04 Å². The largest absolute Gasteiger partial charge is 0.382 e. The Balaban J connectivity index is 1.44. The highest BCUT2D eigenvalue weighted by Gasteiger charge is 2.35. The molecule has 8 nitrogen and oxygen atoms in total. The fourth-order valence-electron chi connectivity index (χ4n) is 4.56. The summed E-state index contributed by atoms with van der Waals surface area (Å²) in [4.78, 5) is 19.4. The first kappa shape index (κ1) is 19.6. The van der Waals surface area contributed by atoms with Gasteiger partial charge < -0.3 is 15.0 Å². The number of aliphatic hydroxyl groups excluding tert-OH is 1. The molecule has 2 atom stereocenters. The predicted molar refractivity (Wildman–Crippen MR) is 124 cm³/mol. The first-order chi connectivity index (χ1) is 16.2. The monoisotopic (exact) mass is 437 g/mol. The first-order valence-corrected chi connectivity index (χ1v) is 11.0.